The summed E-state index contributed by atoms with van der Waals surface area (Å²) >= 11 is 0. The van der Waals surface area contributed by atoms with Crippen molar-refractivity contribution in [2.45, 2.75) is 38.5 Å². The average molecular weight is 306 g/mol. The third-order valence-electron chi connectivity index (χ3n) is 4.92. The molecule has 23 heavy (non-hydrogen) atoms. The van der Waals surface area contributed by atoms with Gasteiger partial charge in [-0.2, -0.15) is 5.11 Å². The predicted molar refractivity (Wildman–Crippen MR) is 92.3 cm³/mol. The van der Waals surface area contributed by atoms with Crippen molar-refractivity contribution in [3.8, 4) is 0 Å². The summed E-state index contributed by atoms with van der Waals surface area (Å²) in [5.41, 5.74) is 5.25. The van der Waals surface area contributed by atoms with Crippen LogP contribution >= 0.6 is 0 Å². The number of benzene rings is 2. The molecule has 2 aromatic carbocycles. The van der Waals surface area contributed by atoms with E-state index in [1.54, 1.807) is 0 Å². The van der Waals surface area contributed by atoms with Gasteiger partial charge in [0.1, 0.15) is 12.1 Å². The van der Waals surface area contributed by atoms with Crippen LogP contribution in [0.15, 0.2) is 58.9 Å². The highest BCUT2D eigenvalue weighted by Crippen LogP contribution is 2.47. The van der Waals surface area contributed by atoms with E-state index >= 15 is 0 Å². The highest BCUT2D eigenvalue weighted by atomic mass is 15.6. The van der Waals surface area contributed by atoms with E-state index in [1.807, 2.05) is 12.1 Å². The summed E-state index contributed by atoms with van der Waals surface area (Å²) < 4.78 is 0. The number of hydrogen-bond donors (Lipinski definition) is 0. The van der Waals surface area contributed by atoms with Crippen LogP contribution in [0.5, 0.6) is 0 Å². The minimum absolute atomic E-state index is 0.0756. The molecule has 0 N–H and O–H groups in total. The number of nitrogens with zero attached hydrogens (tertiary/aromatic N) is 4. The maximum absolute atomic E-state index is 4.58. The third kappa shape index (κ3) is 2.21. The largest absolute Gasteiger partial charge is 0.364 e. The van der Waals surface area contributed by atoms with Gasteiger partial charge >= 0.3 is 0 Å². The monoisotopic (exact) mass is 306 g/mol. The normalized spacial score (nSPS) is 22.4. The standard InChI is InChI=1S/C19H22N4/c1-13(2)23-12-14-8-4-5-9-15(14)18-19(22(3)21-20-18)16-10-6-7-11-17(16)23/h4-11,13,18-19H,12H2,1-3H3. The van der Waals surface area contributed by atoms with Gasteiger partial charge in [-0.25, -0.2) is 0 Å². The minimum atomic E-state index is 0.0756. The Bertz CT molecular complexity index is 753. The molecule has 0 spiro atoms. The van der Waals surface area contributed by atoms with Gasteiger partial charge in [-0.05, 0) is 31.0 Å². The molecule has 0 radical (unpaired) electrons. The summed E-state index contributed by atoms with van der Waals surface area (Å²) in [5.74, 6) is 0. The molecule has 0 aliphatic carbocycles. The zero-order valence-electron chi connectivity index (χ0n) is 13.8. The molecule has 0 aromatic heterocycles. The molecule has 2 atom stereocenters. The van der Waals surface area contributed by atoms with Gasteiger partial charge in [0.2, 0.25) is 0 Å². The van der Waals surface area contributed by atoms with Crippen molar-refractivity contribution >= 4 is 5.69 Å². The maximum atomic E-state index is 4.58. The van der Waals surface area contributed by atoms with E-state index < -0.39 is 0 Å². The number of fused-ring (bicyclic) bond motifs is 5. The molecule has 0 saturated heterocycles. The molecule has 4 rings (SSSR count). The van der Waals surface area contributed by atoms with Crippen molar-refractivity contribution < 1.29 is 0 Å². The smallest absolute Gasteiger partial charge is 0.124 e. The van der Waals surface area contributed by atoms with E-state index in [2.05, 4.69) is 77.6 Å². The first kappa shape index (κ1) is 14.2. The fraction of sp³-hybridized carbons (Fsp3) is 0.368. The molecule has 118 valence electrons. The van der Waals surface area contributed by atoms with Gasteiger partial charge in [0.15, 0.2) is 0 Å². The van der Waals surface area contributed by atoms with Crippen LogP contribution in [-0.4, -0.2) is 18.1 Å². The zero-order chi connectivity index (χ0) is 16.0. The summed E-state index contributed by atoms with van der Waals surface area (Å²) in [6.07, 6.45) is 0. The van der Waals surface area contributed by atoms with Gasteiger partial charge in [0, 0.05) is 30.9 Å². The summed E-state index contributed by atoms with van der Waals surface area (Å²) in [4.78, 5) is 2.48. The molecular weight excluding hydrogens is 284 g/mol. The summed E-state index contributed by atoms with van der Waals surface area (Å²) in [6.45, 7) is 5.42. The van der Waals surface area contributed by atoms with Gasteiger partial charge in [-0.1, -0.05) is 47.7 Å². The second-order valence-corrected chi connectivity index (χ2v) is 6.65. The lowest BCUT2D eigenvalue weighted by Gasteiger charge is -2.37. The van der Waals surface area contributed by atoms with Crippen molar-refractivity contribution in [2.24, 2.45) is 10.3 Å². The Morgan fingerprint density at radius 1 is 1.00 bits per heavy atom. The molecular formula is C19H22N4. The molecule has 2 aliphatic heterocycles. The fourth-order valence-corrected chi connectivity index (χ4v) is 3.76. The second kappa shape index (κ2) is 5.37. The predicted octanol–water partition coefficient (Wildman–Crippen LogP) is 4.51. The Hall–Kier alpha value is -2.36. The lowest BCUT2D eigenvalue weighted by molar-refractivity contribution is 0.273. The number of para-hydroxylation sites is 1. The van der Waals surface area contributed by atoms with Crippen LogP contribution in [0.3, 0.4) is 0 Å². The van der Waals surface area contributed by atoms with E-state index in [0.717, 1.165) is 6.54 Å². The van der Waals surface area contributed by atoms with Crippen molar-refractivity contribution in [2.75, 3.05) is 11.9 Å². The van der Waals surface area contributed by atoms with Gasteiger partial charge in [0.05, 0.1) is 0 Å². The van der Waals surface area contributed by atoms with Crippen LogP contribution in [0.25, 0.3) is 0 Å². The summed E-state index contributed by atoms with van der Waals surface area (Å²) in [6, 6.07) is 18.0. The second-order valence-electron chi connectivity index (χ2n) is 6.65. The van der Waals surface area contributed by atoms with E-state index in [9.17, 15) is 0 Å². The van der Waals surface area contributed by atoms with Gasteiger partial charge in [-0.15, -0.1) is 0 Å². The van der Waals surface area contributed by atoms with E-state index in [1.165, 1.54) is 22.4 Å². The first-order valence-corrected chi connectivity index (χ1v) is 8.24. The Labute approximate surface area is 137 Å². The van der Waals surface area contributed by atoms with Crippen LogP contribution in [-0.2, 0) is 6.54 Å². The van der Waals surface area contributed by atoms with Crippen molar-refractivity contribution in [3.05, 3.63) is 65.2 Å². The van der Waals surface area contributed by atoms with Crippen LogP contribution in [0.1, 0.15) is 42.6 Å². The van der Waals surface area contributed by atoms with Crippen molar-refractivity contribution in [1.29, 1.82) is 0 Å². The van der Waals surface area contributed by atoms with E-state index in [4.69, 9.17) is 0 Å². The molecule has 0 fully saturated rings. The first-order chi connectivity index (χ1) is 11.2. The Morgan fingerprint density at radius 3 is 2.48 bits per heavy atom. The molecule has 2 aromatic rings. The number of likely N-dealkylation sites (N-methyl/N-ethyl adjacent to an activating group) is 1. The number of hydrogen-bond acceptors (Lipinski definition) is 4. The Kier molecular flexibility index (Phi) is 3.33. The van der Waals surface area contributed by atoms with Crippen molar-refractivity contribution in [1.82, 2.24) is 5.01 Å². The average Bonchev–Trinajstić information content (AvgIpc) is 2.92. The third-order valence-corrected chi connectivity index (χ3v) is 4.92. The van der Waals surface area contributed by atoms with Crippen LogP contribution in [0.4, 0.5) is 5.69 Å². The highest BCUT2D eigenvalue weighted by molar-refractivity contribution is 5.58. The zero-order valence-corrected chi connectivity index (χ0v) is 13.8. The molecule has 2 heterocycles. The Balaban J connectivity index is 1.95. The molecule has 0 bridgehead atoms. The van der Waals surface area contributed by atoms with Gasteiger partial charge in [-0.3, -0.25) is 5.01 Å². The quantitative estimate of drug-likeness (QED) is 0.776. The fourth-order valence-electron chi connectivity index (χ4n) is 3.76. The van der Waals surface area contributed by atoms with Gasteiger partial charge in [0.25, 0.3) is 0 Å². The summed E-state index contributed by atoms with van der Waals surface area (Å²) in [5, 5.41) is 11.0. The number of anilines is 1. The molecule has 4 heteroatoms. The van der Waals surface area contributed by atoms with Crippen LogP contribution < -0.4 is 4.90 Å². The molecule has 0 saturated carbocycles. The maximum Gasteiger partial charge on any atom is 0.124 e. The van der Waals surface area contributed by atoms with Crippen LogP contribution in [0.2, 0.25) is 0 Å². The minimum Gasteiger partial charge on any atom is -0.364 e. The Morgan fingerprint density at radius 2 is 1.70 bits per heavy atom. The van der Waals surface area contributed by atoms with Crippen molar-refractivity contribution in [3.63, 3.8) is 0 Å². The summed E-state index contributed by atoms with van der Waals surface area (Å²) in [7, 11) is 2.02. The molecule has 0 amide bonds. The molecule has 2 unspecified atom stereocenters. The van der Waals surface area contributed by atoms with Gasteiger partial charge < -0.3 is 4.90 Å². The highest BCUT2D eigenvalue weighted by Gasteiger charge is 2.38. The first-order valence-electron chi connectivity index (χ1n) is 8.24. The lowest BCUT2D eigenvalue weighted by atomic mass is 9.87. The molecule has 4 nitrogen and oxygen atoms in total. The topological polar surface area (TPSA) is 31.2 Å². The van der Waals surface area contributed by atoms with E-state index in [0.29, 0.717) is 6.04 Å². The van der Waals surface area contributed by atoms with E-state index in [-0.39, 0.29) is 12.1 Å². The van der Waals surface area contributed by atoms with Crippen LogP contribution in [0, 0.1) is 0 Å². The SMILES string of the molecule is CC(C)N1Cc2ccccc2C2N=NN(C)C2c2ccccc21. The number of rotatable bonds is 1. The molecule has 2 aliphatic rings. The lowest BCUT2D eigenvalue weighted by Crippen LogP contribution is -2.34.